The van der Waals surface area contributed by atoms with Crippen LogP contribution in [-0.2, 0) is 29.9 Å². The molecular formula is C23H20F9NO2. The zero-order valence-corrected chi connectivity index (χ0v) is 17.9. The van der Waals surface area contributed by atoms with E-state index in [4.69, 9.17) is 0 Å². The largest absolute Gasteiger partial charge is 0.481 e. The third kappa shape index (κ3) is 6.47. The number of nitrogens with zero attached hydrogens (tertiary/aromatic N) is 1. The summed E-state index contributed by atoms with van der Waals surface area (Å²) in [6, 6.07) is 4.00. The van der Waals surface area contributed by atoms with Gasteiger partial charge in [0, 0.05) is 19.0 Å². The maximum atomic E-state index is 13.6. The molecule has 0 radical (unpaired) electrons. The molecule has 1 saturated heterocycles. The maximum Gasteiger partial charge on any atom is 0.416 e. The van der Waals surface area contributed by atoms with Gasteiger partial charge in [0.2, 0.25) is 0 Å². The van der Waals surface area contributed by atoms with Gasteiger partial charge in [0.25, 0.3) is 0 Å². The van der Waals surface area contributed by atoms with E-state index in [0.29, 0.717) is 31.0 Å². The Hall–Kier alpha value is -2.76. The lowest BCUT2D eigenvalue weighted by molar-refractivity contribution is -0.142. The molecule has 0 aromatic heterocycles. The fourth-order valence-corrected chi connectivity index (χ4v) is 4.52. The van der Waals surface area contributed by atoms with Gasteiger partial charge in [-0.3, -0.25) is 9.69 Å². The van der Waals surface area contributed by atoms with E-state index in [0.717, 1.165) is 24.3 Å². The highest BCUT2D eigenvalue weighted by Gasteiger charge is 2.40. The molecule has 2 atom stereocenters. The van der Waals surface area contributed by atoms with E-state index >= 15 is 0 Å². The van der Waals surface area contributed by atoms with Gasteiger partial charge in [-0.25, -0.2) is 0 Å². The van der Waals surface area contributed by atoms with Crippen LogP contribution in [0.4, 0.5) is 39.5 Å². The van der Waals surface area contributed by atoms with Crippen molar-refractivity contribution < 1.29 is 49.4 Å². The molecule has 2 aromatic rings. The summed E-state index contributed by atoms with van der Waals surface area (Å²) < 4.78 is 119. The molecule has 2 aromatic carbocycles. The molecule has 12 heteroatoms. The summed E-state index contributed by atoms with van der Waals surface area (Å²) in [5, 5.41) is 9.29. The summed E-state index contributed by atoms with van der Waals surface area (Å²) in [7, 11) is 0. The highest BCUT2D eigenvalue weighted by Crippen LogP contribution is 2.42. The Kier molecular flexibility index (Phi) is 7.45. The first-order valence-corrected chi connectivity index (χ1v) is 10.5. The summed E-state index contributed by atoms with van der Waals surface area (Å²) in [6.07, 6.45) is -14.2. The molecule has 1 aliphatic rings. The average Bonchev–Trinajstić information content (AvgIpc) is 2.71. The first-order chi connectivity index (χ1) is 16.1. The van der Waals surface area contributed by atoms with Crippen LogP contribution in [0, 0.1) is 5.92 Å². The molecule has 0 spiro atoms. The van der Waals surface area contributed by atoms with Gasteiger partial charge in [0.1, 0.15) is 0 Å². The molecule has 0 amide bonds. The van der Waals surface area contributed by atoms with Crippen molar-refractivity contribution in [2.45, 2.75) is 50.4 Å². The number of piperidine rings is 1. The minimum absolute atomic E-state index is 0.120. The van der Waals surface area contributed by atoms with Crippen molar-refractivity contribution >= 4 is 5.97 Å². The second kappa shape index (κ2) is 9.71. The van der Waals surface area contributed by atoms with Crippen LogP contribution in [0.1, 0.15) is 53.1 Å². The fraction of sp³-hybridized carbons (Fsp3) is 0.435. The van der Waals surface area contributed by atoms with Gasteiger partial charge < -0.3 is 5.11 Å². The Morgan fingerprint density at radius 3 is 1.94 bits per heavy atom. The number of benzene rings is 2. The second-order valence-corrected chi connectivity index (χ2v) is 8.40. The lowest BCUT2D eigenvalue weighted by Gasteiger charge is -2.42. The standard InChI is InChI=1S/C23H20F9NO2/c24-21(25,26)16-5-3-13(4-6-16)20-14(11-19(34)35)2-1-9-33(20)12-15-10-17(22(27,28)29)7-8-18(15)23(30,31)32/h3-8,10,14,20H,1-2,9,11-12H2,(H,34,35)/t14-,20-/m0/s1. The van der Waals surface area contributed by atoms with Gasteiger partial charge >= 0.3 is 24.5 Å². The second-order valence-electron chi connectivity index (χ2n) is 8.40. The number of carboxylic acid groups (broad SMARTS) is 1. The number of carbonyl (C=O) groups is 1. The first kappa shape index (κ1) is 26.8. The topological polar surface area (TPSA) is 40.5 Å². The van der Waals surface area contributed by atoms with Crippen LogP contribution >= 0.6 is 0 Å². The molecule has 3 rings (SSSR count). The van der Waals surface area contributed by atoms with Gasteiger partial charge in [-0.2, -0.15) is 39.5 Å². The van der Waals surface area contributed by atoms with Gasteiger partial charge in [0.15, 0.2) is 0 Å². The Balaban J connectivity index is 2.05. The number of rotatable bonds is 5. The monoisotopic (exact) mass is 513 g/mol. The molecular weight excluding hydrogens is 493 g/mol. The third-order valence-corrected chi connectivity index (χ3v) is 5.99. The van der Waals surface area contributed by atoms with Crippen LogP contribution in [0.2, 0.25) is 0 Å². The highest BCUT2D eigenvalue weighted by molar-refractivity contribution is 5.67. The number of likely N-dealkylation sites (tertiary alicyclic amines) is 1. The smallest absolute Gasteiger partial charge is 0.416 e. The zero-order chi connectivity index (χ0) is 26.2. The predicted molar refractivity (Wildman–Crippen MR) is 106 cm³/mol. The van der Waals surface area contributed by atoms with E-state index < -0.39 is 71.7 Å². The normalized spacial score (nSPS) is 20.1. The molecule has 0 bridgehead atoms. The molecule has 35 heavy (non-hydrogen) atoms. The van der Waals surface area contributed by atoms with E-state index in [9.17, 15) is 49.4 Å². The van der Waals surface area contributed by atoms with E-state index in [1.54, 1.807) is 0 Å². The van der Waals surface area contributed by atoms with Crippen LogP contribution in [0.25, 0.3) is 0 Å². The van der Waals surface area contributed by atoms with Crippen molar-refractivity contribution in [3.8, 4) is 0 Å². The molecule has 0 unspecified atom stereocenters. The summed E-state index contributed by atoms with van der Waals surface area (Å²) in [4.78, 5) is 12.8. The number of alkyl halides is 9. The van der Waals surface area contributed by atoms with Gasteiger partial charge in [-0.15, -0.1) is 0 Å². The summed E-state index contributed by atoms with van der Waals surface area (Å²) in [5.74, 6) is -1.87. The third-order valence-electron chi connectivity index (χ3n) is 5.99. The molecule has 1 N–H and O–H groups in total. The number of halogens is 9. The molecule has 1 fully saturated rings. The molecule has 3 nitrogen and oxygen atoms in total. The molecule has 192 valence electrons. The predicted octanol–water partition coefficient (Wildman–Crippen LogP) is 7.17. The van der Waals surface area contributed by atoms with E-state index in [1.165, 1.54) is 4.90 Å². The number of aliphatic carboxylic acids is 1. The van der Waals surface area contributed by atoms with Gasteiger partial charge in [0.05, 0.1) is 16.7 Å². The Morgan fingerprint density at radius 2 is 1.43 bits per heavy atom. The van der Waals surface area contributed by atoms with Crippen molar-refractivity contribution in [1.82, 2.24) is 4.90 Å². The first-order valence-electron chi connectivity index (χ1n) is 10.5. The fourth-order valence-electron chi connectivity index (χ4n) is 4.52. The minimum atomic E-state index is -4.94. The Labute approximate surface area is 194 Å². The Bertz CT molecular complexity index is 1040. The lowest BCUT2D eigenvalue weighted by atomic mass is 9.82. The maximum absolute atomic E-state index is 13.6. The van der Waals surface area contributed by atoms with Crippen molar-refractivity contribution in [1.29, 1.82) is 0 Å². The summed E-state index contributed by atoms with van der Waals surface area (Å²) >= 11 is 0. The molecule has 0 aliphatic carbocycles. The molecule has 0 saturated carbocycles. The van der Waals surface area contributed by atoms with Crippen LogP contribution in [0.5, 0.6) is 0 Å². The van der Waals surface area contributed by atoms with Crippen molar-refractivity contribution in [3.63, 3.8) is 0 Å². The number of carboxylic acids is 1. The molecule has 1 aliphatic heterocycles. The van der Waals surface area contributed by atoms with Crippen LogP contribution < -0.4 is 0 Å². The number of hydrogen-bond acceptors (Lipinski definition) is 2. The number of hydrogen-bond donors (Lipinski definition) is 1. The minimum Gasteiger partial charge on any atom is -0.481 e. The highest BCUT2D eigenvalue weighted by atomic mass is 19.4. The summed E-state index contributed by atoms with van der Waals surface area (Å²) in [6.45, 7) is -0.476. The lowest BCUT2D eigenvalue weighted by Crippen LogP contribution is -2.39. The molecule has 1 heterocycles. The SMILES string of the molecule is O=C(O)C[C@@H]1CCCN(Cc2cc(C(F)(F)F)ccc2C(F)(F)F)[C@H]1c1ccc(C(F)(F)F)cc1. The zero-order valence-electron chi connectivity index (χ0n) is 17.9. The van der Waals surface area contributed by atoms with E-state index in [1.807, 2.05) is 0 Å². The van der Waals surface area contributed by atoms with Crippen LogP contribution in [0.15, 0.2) is 42.5 Å². The van der Waals surface area contributed by atoms with E-state index in [2.05, 4.69) is 0 Å². The van der Waals surface area contributed by atoms with Crippen LogP contribution in [0.3, 0.4) is 0 Å². The summed E-state index contributed by atoms with van der Waals surface area (Å²) in [5.41, 5.74) is -3.91. The van der Waals surface area contributed by atoms with Gasteiger partial charge in [-0.1, -0.05) is 12.1 Å². The van der Waals surface area contributed by atoms with Crippen molar-refractivity contribution in [3.05, 3.63) is 70.3 Å². The average molecular weight is 513 g/mol. The quantitative estimate of drug-likeness (QED) is 0.431. The Morgan fingerprint density at radius 1 is 0.857 bits per heavy atom. The van der Waals surface area contributed by atoms with E-state index in [-0.39, 0.29) is 12.1 Å². The van der Waals surface area contributed by atoms with Crippen molar-refractivity contribution in [2.75, 3.05) is 6.54 Å². The van der Waals surface area contributed by atoms with Crippen LogP contribution in [-0.4, -0.2) is 22.5 Å². The van der Waals surface area contributed by atoms with Crippen molar-refractivity contribution in [2.24, 2.45) is 5.92 Å². The van der Waals surface area contributed by atoms with Gasteiger partial charge in [-0.05, 0) is 66.8 Å².